The molecule has 0 aliphatic carbocycles. The van der Waals surface area contributed by atoms with Gasteiger partial charge in [0.2, 0.25) is 0 Å². The molecule has 1 amide bonds. The molecule has 2 aromatic rings. The summed E-state index contributed by atoms with van der Waals surface area (Å²) >= 11 is 0. The number of aromatic nitrogens is 1. The predicted octanol–water partition coefficient (Wildman–Crippen LogP) is 2.41. The number of piperidine rings is 1. The van der Waals surface area contributed by atoms with Crippen LogP contribution >= 0.6 is 0 Å². The fourth-order valence-electron chi connectivity index (χ4n) is 5.10. The predicted molar refractivity (Wildman–Crippen MR) is 110 cm³/mol. The molecule has 2 atom stereocenters. The Morgan fingerprint density at radius 1 is 1.07 bits per heavy atom. The van der Waals surface area contributed by atoms with Gasteiger partial charge in [-0.25, -0.2) is 0 Å². The van der Waals surface area contributed by atoms with Gasteiger partial charge in [-0.2, -0.15) is 0 Å². The number of nitrogens with zero attached hydrogens (tertiary/aromatic N) is 3. The monoisotopic (exact) mass is 375 g/mol. The molecular weight excluding hydrogens is 350 g/mol. The van der Waals surface area contributed by atoms with Gasteiger partial charge in [0.15, 0.2) is 0 Å². The molecule has 2 bridgehead atoms. The molecule has 1 saturated heterocycles. The number of rotatable bonds is 3. The second-order valence-corrected chi connectivity index (χ2v) is 8.19. The highest BCUT2D eigenvalue weighted by Gasteiger charge is 2.34. The lowest BCUT2D eigenvalue weighted by molar-refractivity contribution is -0.114. The van der Waals surface area contributed by atoms with E-state index in [-0.39, 0.29) is 11.5 Å². The van der Waals surface area contributed by atoms with Crippen LogP contribution in [0.15, 0.2) is 59.4 Å². The number of carbonyl (C=O) groups excluding carboxylic acids is 1. The molecule has 5 heteroatoms. The van der Waals surface area contributed by atoms with Gasteiger partial charge in [0, 0.05) is 62.2 Å². The number of fused-ring (bicyclic) bond motifs is 5. The first-order valence-corrected chi connectivity index (χ1v) is 10.2. The van der Waals surface area contributed by atoms with Gasteiger partial charge in [0.25, 0.3) is 11.5 Å². The van der Waals surface area contributed by atoms with Crippen molar-refractivity contribution >= 4 is 11.6 Å². The second kappa shape index (κ2) is 7.06. The fraction of sp³-hybridized carbons (Fsp3) is 0.391. The molecule has 4 heterocycles. The minimum absolute atomic E-state index is 0.0686. The molecular formula is C23H25N3O2. The number of hydrogen-bond donors (Lipinski definition) is 0. The zero-order valence-corrected chi connectivity index (χ0v) is 16.0. The van der Waals surface area contributed by atoms with Crippen molar-refractivity contribution in [3.63, 3.8) is 0 Å². The number of para-hydroxylation sites is 1. The Bertz CT molecular complexity index is 993. The van der Waals surface area contributed by atoms with Crippen LogP contribution in [0.4, 0.5) is 5.69 Å². The zero-order chi connectivity index (χ0) is 19.1. The Balaban J connectivity index is 1.24. The van der Waals surface area contributed by atoms with Crippen molar-refractivity contribution in [3.8, 4) is 0 Å². The maximum absolute atomic E-state index is 12.6. The summed E-state index contributed by atoms with van der Waals surface area (Å²) in [4.78, 5) is 29.1. The number of pyridine rings is 1. The summed E-state index contributed by atoms with van der Waals surface area (Å²) in [5, 5.41) is 0. The Kier molecular flexibility index (Phi) is 4.40. The summed E-state index contributed by atoms with van der Waals surface area (Å²) in [6, 6.07) is 13.8. The molecule has 0 N–H and O–H groups in total. The molecule has 3 aliphatic rings. The van der Waals surface area contributed by atoms with E-state index in [1.54, 1.807) is 12.1 Å². The highest BCUT2D eigenvalue weighted by Crippen LogP contribution is 2.34. The van der Waals surface area contributed by atoms with Crippen LogP contribution in [0.1, 0.15) is 23.6 Å². The normalized spacial score (nSPS) is 23.6. The molecule has 0 spiro atoms. The summed E-state index contributed by atoms with van der Waals surface area (Å²) in [5.41, 5.74) is 3.59. The highest BCUT2D eigenvalue weighted by atomic mass is 16.2. The maximum Gasteiger partial charge on any atom is 0.250 e. The van der Waals surface area contributed by atoms with Crippen molar-refractivity contribution in [1.82, 2.24) is 9.47 Å². The van der Waals surface area contributed by atoms with Crippen molar-refractivity contribution < 1.29 is 4.79 Å². The average molecular weight is 375 g/mol. The first-order valence-electron chi connectivity index (χ1n) is 10.2. The van der Waals surface area contributed by atoms with Crippen LogP contribution in [-0.2, 0) is 17.8 Å². The van der Waals surface area contributed by atoms with Crippen molar-refractivity contribution in [2.75, 3.05) is 31.1 Å². The first-order chi connectivity index (χ1) is 13.7. The molecule has 0 radical (unpaired) electrons. The smallest absolute Gasteiger partial charge is 0.250 e. The zero-order valence-electron chi connectivity index (χ0n) is 16.0. The van der Waals surface area contributed by atoms with Gasteiger partial charge in [-0.1, -0.05) is 30.3 Å². The molecule has 1 aromatic heterocycles. The van der Waals surface area contributed by atoms with Crippen molar-refractivity contribution in [3.05, 3.63) is 76.2 Å². The van der Waals surface area contributed by atoms with Crippen molar-refractivity contribution in [2.45, 2.75) is 25.3 Å². The highest BCUT2D eigenvalue weighted by molar-refractivity contribution is 6.02. The molecule has 1 fully saturated rings. The third kappa shape index (κ3) is 3.10. The minimum Gasteiger partial charge on any atom is -0.312 e. The Morgan fingerprint density at radius 3 is 2.89 bits per heavy atom. The van der Waals surface area contributed by atoms with E-state index in [0.29, 0.717) is 11.8 Å². The maximum atomic E-state index is 12.6. The Hall–Kier alpha value is -2.66. The van der Waals surface area contributed by atoms with E-state index in [1.165, 1.54) is 11.3 Å². The van der Waals surface area contributed by atoms with Gasteiger partial charge < -0.3 is 9.47 Å². The number of amides is 1. The van der Waals surface area contributed by atoms with E-state index in [0.717, 1.165) is 51.3 Å². The molecule has 0 unspecified atom stereocenters. The van der Waals surface area contributed by atoms with E-state index in [4.69, 9.17) is 0 Å². The summed E-state index contributed by atoms with van der Waals surface area (Å²) < 4.78 is 1.96. The van der Waals surface area contributed by atoms with Gasteiger partial charge in [-0.3, -0.25) is 14.5 Å². The Morgan fingerprint density at radius 2 is 1.96 bits per heavy atom. The topological polar surface area (TPSA) is 45.6 Å². The number of hydrogen-bond acceptors (Lipinski definition) is 3. The van der Waals surface area contributed by atoms with Crippen LogP contribution in [0.3, 0.4) is 0 Å². The van der Waals surface area contributed by atoms with E-state index in [9.17, 15) is 9.59 Å². The summed E-state index contributed by atoms with van der Waals surface area (Å²) in [5.74, 6) is 0.996. The van der Waals surface area contributed by atoms with Crippen LogP contribution in [0.5, 0.6) is 0 Å². The number of benzene rings is 1. The van der Waals surface area contributed by atoms with E-state index >= 15 is 0 Å². The lowest BCUT2D eigenvalue weighted by atomic mass is 9.83. The van der Waals surface area contributed by atoms with Crippen LogP contribution in [0, 0.1) is 5.92 Å². The average Bonchev–Trinajstić information content (AvgIpc) is 3.13. The molecule has 5 rings (SSSR count). The van der Waals surface area contributed by atoms with Gasteiger partial charge >= 0.3 is 0 Å². The Labute approximate surface area is 164 Å². The van der Waals surface area contributed by atoms with Crippen LogP contribution in [0.2, 0.25) is 0 Å². The van der Waals surface area contributed by atoms with Crippen molar-refractivity contribution in [2.24, 2.45) is 5.92 Å². The van der Waals surface area contributed by atoms with Gasteiger partial charge in [0.05, 0.1) is 0 Å². The number of anilines is 1. The first kappa shape index (κ1) is 17.4. The third-order valence-electron chi connectivity index (χ3n) is 6.33. The largest absolute Gasteiger partial charge is 0.312 e. The third-order valence-corrected chi connectivity index (χ3v) is 6.33. The van der Waals surface area contributed by atoms with E-state index in [1.807, 2.05) is 39.8 Å². The summed E-state index contributed by atoms with van der Waals surface area (Å²) in [6.07, 6.45) is 5.82. The van der Waals surface area contributed by atoms with E-state index < -0.39 is 0 Å². The van der Waals surface area contributed by atoms with Gasteiger partial charge in [-0.15, -0.1) is 0 Å². The quantitative estimate of drug-likeness (QED) is 0.774. The standard InChI is InChI=1S/C23H25N3O2/c27-22(25-12-10-18-5-1-2-6-20(18)25)9-4-11-24-14-17-13-19(16-24)21-7-3-8-23(28)26(21)15-17/h1-9,17,19H,10-16H2/b9-4+/t17-,19-/m1/s1. The number of carbonyl (C=O) groups is 1. The molecule has 0 saturated carbocycles. The van der Waals surface area contributed by atoms with E-state index in [2.05, 4.69) is 17.0 Å². The lowest BCUT2D eigenvalue weighted by Crippen LogP contribution is -2.47. The molecule has 144 valence electrons. The lowest BCUT2D eigenvalue weighted by Gasteiger charge is -2.42. The molecule has 1 aromatic carbocycles. The van der Waals surface area contributed by atoms with Gasteiger partial charge in [0.1, 0.15) is 0 Å². The second-order valence-electron chi connectivity index (χ2n) is 8.19. The summed E-state index contributed by atoms with van der Waals surface area (Å²) in [7, 11) is 0. The molecule has 28 heavy (non-hydrogen) atoms. The molecule has 5 nitrogen and oxygen atoms in total. The van der Waals surface area contributed by atoms with Gasteiger partial charge in [-0.05, 0) is 36.5 Å². The summed E-state index contributed by atoms with van der Waals surface area (Å²) in [6.45, 7) is 4.30. The minimum atomic E-state index is 0.0686. The number of likely N-dealkylation sites (tertiary alicyclic amines) is 1. The molecule has 3 aliphatic heterocycles. The SMILES string of the molecule is O=C(/C=C/CN1C[C@H]2C[C@H](C1)c1cccc(=O)n1C2)N1CCc2ccccc21. The van der Waals surface area contributed by atoms with Crippen LogP contribution < -0.4 is 10.5 Å². The fourth-order valence-corrected chi connectivity index (χ4v) is 5.10. The van der Waals surface area contributed by atoms with Crippen LogP contribution in [-0.4, -0.2) is 41.6 Å². The van der Waals surface area contributed by atoms with Crippen molar-refractivity contribution in [1.29, 1.82) is 0 Å². The van der Waals surface area contributed by atoms with Crippen LogP contribution in [0.25, 0.3) is 0 Å².